The van der Waals surface area contributed by atoms with E-state index >= 15 is 0 Å². The van der Waals surface area contributed by atoms with Crippen molar-refractivity contribution in [3.63, 3.8) is 0 Å². The van der Waals surface area contributed by atoms with Gasteiger partial charge in [-0.15, -0.1) is 0 Å². The van der Waals surface area contributed by atoms with Gasteiger partial charge in [-0.25, -0.2) is 14.4 Å². The molecule has 2 aromatic carbocycles. The molecule has 4 nitrogen and oxygen atoms in total. The average Bonchev–Trinajstić information content (AvgIpc) is 3.20. The van der Waals surface area contributed by atoms with Crippen LogP contribution in [0.3, 0.4) is 0 Å². The number of benzene rings is 2. The predicted molar refractivity (Wildman–Crippen MR) is 85.5 cm³/mol. The first-order valence-electron chi connectivity index (χ1n) is 6.97. The normalized spacial score (nSPS) is 11.2. The van der Waals surface area contributed by atoms with Crippen LogP contribution in [0.2, 0.25) is 0 Å². The van der Waals surface area contributed by atoms with Crippen LogP contribution in [-0.4, -0.2) is 9.97 Å². The largest absolute Gasteiger partial charge is 0.440 e. The van der Waals surface area contributed by atoms with E-state index in [2.05, 4.69) is 9.97 Å². The fraction of sp³-hybridized carbons (Fsp3) is 0.0588. The van der Waals surface area contributed by atoms with Crippen LogP contribution in [-0.2, 0) is 5.75 Å². The summed E-state index contributed by atoms with van der Waals surface area (Å²) in [6, 6.07) is 13.7. The van der Waals surface area contributed by atoms with E-state index in [1.807, 2.05) is 24.3 Å². The lowest BCUT2D eigenvalue weighted by Crippen LogP contribution is -1.79. The molecule has 0 atom stereocenters. The number of hydrogen-bond donors (Lipinski definition) is 0. The lowest BCUT2D eigenvalue weighted by atomic mass is 10.2. The van der Waals surface area contributed by atoms with E-state index in [0.29, 0.717) is 22.6 Å². The van der Waals surface area contributed by atoms with Crippen LogP contribution in [0.15, 0.2) is 68.8 Å². The molecule has 0 bridgehead atoms. The molecule has 0 N–H and O–H groups in total. The zero-order valence-electron chi connectivity index (χ0n) is 11.9. The van der Waals surface area contributed by atoms with Crippen molar-refractivity contribution in [2.45, 2.75) is 11.0 Å². The molecule has 0 amide bonds. The van der Waals surface area contributed by atoms with Gasteiger partial charge in [0.2, 0.25) is 5.89 Å². The maximum absolute atomic E-state index is 12.9. The molecule has 2 heterocycles. The second kappa shape index (κ2) is 5.89. The summed E-state index contributed by atoms with van der Waals surface area (Å²) in [5.74, 6) is 1.41. The van der Waals surface area contributed by atoms with Gasteiger partial charge in [-0.05, 0) is 36.4 Å². The number of nitrogens with zero attached hydrogens (tertiary/aromatic N) is 2. The minimum Gasteiger partial charge on any atom is -0.440 e. The van der Waals surface area contributed by atoms with Crippen molar-refractivity contribution in [1.82, 2.24) is 9.97 Å². The molecule has 0 aliphatic heterocycles. The zero-order chi connectivity index (χ0) is 15.6. The molecule has 2 aromatic heterocycles. The summed E-state index contributed by atoms with van der Waals surface area (Å²) < 4.78 is 24.3. The quantitative estimate of drug-likeness (QED) is 0.499. The SMILES string of the molecule is Fc1ccc(-c2cnc(CSc3nc4ccccc4o3)o2)cc1. The maximum Gasteiger partial charge on any atom is 0.257 e. The summed E-state index contributed by atoms with van der Waals surface area (Å²) in [5.41, 5.74) is 2.38. The van der Waals surface area contributed by atoms with E-state index in [1.165, 1.54) is 23.9 Å². The molecule has 0 aliphatic carbocycles. The van der Waals surface area contributed by atoms with Crippen LogP contribution in [0.4, 0.5) is 4.39 Å². The minimum absolute atomic E-state index is 0.278. The Hall–Kier alpha value is -2.60. The second-order valence-electron chi connectivity index (χ2n) is 4.86. The van der Waals surface area contributed by atoms with E-state index in [0.717, 1.165) is 16.7 Å². The zero-order valence-corrected chi connectivity index (χ0v) is 12.7. The average molecular weight is 326 g/mol. The summed E-state index contributed by atoms with van der Waals surface area (Å²) in [5, 5.41) is 0.577. The molecule has 0 spiro atoms. The van der Waals surface area contributed by atoms with Crippen molar-refractivity contribution in [2.75, 3.05) is 0 Å². The number of aromatic nitrogens is 2. The summed E-state index contributed by atoms with van der Waals surface area (Å²) in [7, 11) is 0. The van der Waals surface area contributed by atoms with E-state index in [1.54, 1.807) is 18.3 Å². The highest BCUT2D eigenvalue weighted by atomic mass is 32.2. The lowest BCUT2D eigenvalue weighted by Gasteiger charge is -1.95. The molecule has 4 aromatic rings. The number of halogens is 1. The van der Waals surface area contributed by atoms with E-state index in [-0.39, 0.29) is 5.82 Å². The van der Waals surface area contributed by atoms with Crippen LogP contribution in [0.5, 0.6) is 0 Å². The molecule has 6 heteroatoms. The van der Waals surface area contributed by atoms with Crippen LogP contribution >= 0.6 is 11.8 Å². The van der Waals surface area contributed by atoms with Crippen molar-refractivity contribution in [1.29, 1.82) is 0 Å². The number of rotatable bonds is 4. The molecule has 0 saturated carbocycles. The molecule has 4 rings (SSSR count). The summed E-state index contributed by atoms with van der Waals surface area (Å²) >= 11 is 1.42. The standard InChI is InChI=1S/C17H11FN2O2S/c18-12-7-5-11(6-8-12)15-9-19-16(21-15)10-23-17-20-13-3-1-2-4-14(13)22-17/h1-9H,10H2. The van der Waals surface area contributed by atoms with Gasteiger partial charge in [-0.2, -0.15) is 0 Å². The first-order valence-corrected chi connectivity index (χ1v) is 7.95. The Kier molecular flexibility index (Phi) is 3.59. The minimum atomic E-state index is -0.278. The molecule has 0 fully saturated rings. The highest BCUT2D eigenvalue weighted by Gasteiger charge is 2.10. The van der Waals surface area contributed by atoms with E-state index < -0.39 is 0 Å². The van der Waals surface area contributed by atoms with Crippen LogP contribution < -0.4 is 0 Å². The van der Waals surface area contributed by atoms with Gasteiger partial charge < -0.3 is 8.83 Å². The summed E-state index contributed by atoms with van der Waals surface area (Å²) in [4.78, 5) is 8.62. The van der Waals surface area contributed by atoms with Gasteiger partial charge in [0.25, 0.3) is 5.22 Å². The van der Waals surface area contributed by atoms with Crippen molar-refractivity contribution >= 4 is 22.9 Å². The number of thioether (sulfide) groups is 1. The third-order valence-corrected chi connectivity index (χ3v) is 4.09. The Morgan fingerprint density at radius 2 is 1.83 bits per heavy atom. The molecule has 0 saturated heterocycles. The maximum atomic E-state index is 12.9. The van der Waals surface area contributed by atoms with Crippen molar-refractivity contribution in [3.05, 3.63) is 66.4 Å². The van der Waals surface area contributed by atoms with Crippen LogP contribution in [0, 0.1) is 5.82 Å². The first kappa shape index (κ1) is 14.0. The Bertz CT molecular complexity index is 914. The van der Waals surface area contributed by atoms with Gasteiger partial charge in [0.15, 0.2) is 11.3 Å². The van der Waals surface area contributed by atoms with Gasteiger partial charge in [-0.1, -0.05) is 23.9 Å². The monoisotopic (exact) mass is 326 g/mol. The molecular weight excluding hydrogens is 315 g/mol. The second-order valence-corrected chi connectivity index (χ2v) is 5.79. The Morgan fingerprint density at radius 1 is 1.00 bits per heavy atom. The van der Waals surface area contributed by atoms with Crippen molar-refractivity contribution in [3.8, 4) is 11.3 Å². The number of fused-ring (bicyclic) bond motifs is 1. The lowest BCUT2D eigenvalue weighted by molar-refractivity contribution is 0.486. The van der Waals surface area contributed by atoms with Gasteiger partial charge in [0, 0.05) is 5.56 Å². The highest BCUT2D eigenvalue weighted by molar-refractivity contribution is 7.98. The summed E-state index contributed by atoms with van der Waals surface area (Å²) in [6.07, 6.45) is 1.63. The fourth-order valence-corrected chi connectivity index (χ4v) is 2.85. The number of para-hydroxylation sites is 2. The van der Waals surface area contributed by atoms with E-state index in [4.69, 9.17) is 8.83 Å². The molecule has 0 unspecified atom stereocenters. The Morgan fingerprint density at radius 3 is 2.65 bits per heavy atom. The van der Waals surface area contributed by atoms with Gasteiger partial charge in [-0.3, -0.25) is 0 Å². The first-order chi connectivity index (χ1) is 11.3. The van der Waals surface area contributed by atoms with Gasteiger partial charge in [0.05, 0.1) is 11.9 Å². The Labute approximate surface area is 135 Å². The summed E-state index contributed by atoms with van der Waals surface area (Å²) in [6.45, 7) is 0. The molecular formula is C17H11FN2O2S. The highest BCUT2D eigenvalue weighted by Crippen LogP contribution is 2.27. The number of oxazole rings is 2. The van der Waals surface area contributed by atoms with Crippen molar-refractivity contribution < 1.29 is 13.2 Å². The fourth-order valence-electron chi connectivity index (χ4n) is 2.16. The van der Waals surface area contributed by atoms with E-state index in [9.17, 15) is 4.39 Å². The molecule has 23 heavy (non-hydrogen) atoms. The smallest absolute Gasteiger partial charge is 0.257 e. The molecule has 114 valence electrons. The molecule has 0 aliphatic rings. The topological polar surface area (TPSA) is 52.1 Å². The predicted octanol–water partition coefficient (Wildman–Crippen LogP) is 4.91. The third-order valence-electron chi connectivity index (χ3n) is 3.28. The van der Waals surface area contributed by atoms with Crippen molar-refractivity contribution in [2.24, 2.45) is 0 Å². The third kappa shape index (κ3) is 2.98. The van der Waals surface area contributed by atoms with Crippen LogP contribution in [0.25, 0.3) is 22.4 Å². The number of hydrogen-bond acceptors (Lipinski definition) is 5. The van der Waals surface area contributed by atoms with Gasteiger partial charge >= 0.3 is 0 Å². The van der Waals surface area contributed by atoms with Gasteiger partial charge in [0.1, 0.15) is 11.3 Å². The van der Waals surface area contributed by atoms with Crippen LogP contribution in [0.1, 0.15) is 5.89 Å². The molecule has 0 radical (unpaired) electrons. The Balaban J connectivity index is 1.48.